The van der Waals surface area contributed by atoms with E-state index in [1.54, 1.807) is 6.20 Å². The maximum atomic E-state index is 6.46. The smallest absolute Gasteiger partial charge is 0.231 e. The summed E-state index contributed by atoms with van der Waals surface area (Å²) in [6.45, 7) is 4.17. The van der Waals surface area contributed by atoms with Gasteiger partial charge in [0.2, 0.25) is 6.79 Å². The van der Waals surface area contributed by atoms with Crippen LogP contribution in [0.15, 0.2) is 53.1 Å². The molecule has 0 amide bonds. The Labute approximate surface area is 157 Å². The zero-order chi connectivity index (χ0) is 17.9. The molecule has 1 aliphatic heterocycles. The molecule has 3 aromatic rings. The zero-order valence-corrected chi connectivity index (χ0v) is 15.2. The Hall–Kier alpha value is -2.50. The van der Waals surface area contributed by atoms with Crippen molar-refractivity contribution >= 4 is 11.6 Å². The first-order valence-corrected chi connectivity index (χ1v) is 8.81. The quantitative estimate of drug-likeness (QED) is 0.636. The van der Waals surface area contributed by atoms with E-state index in [4.69, 9.17) is 25.5 Å². The molecule has 26 heavy (non-hydrogen) atoms. The van der Waals surface area contributed by atoms with Gasteiger partial charge in [0.15, 0.2) is 11.5 Å². The highest BCUT2D eigenvalue weighted by atomic mass is 35.5. The molecule has 3 heterocycles. The largest absolute Gasteiger partial charge is 0.465 e. The van der Waals surface area contributed by atoms with Crippen molar-refractivity contribution in [2.24, 2.45) is 0 Å². The number of halogens is 1. The molecular weight excluding hydrogens is 352 g/mol. The number of hydrogen-bond acceptors (Lipinski definition) is 5. The van der Waals surface area contributed by atoms with Crippen molar-refractivity contribution in [2.45, 2.75) is 26.6 Å². The number of ether oxygens (including phenoxy) is 2. The Morgan fingerprint density at radius 3 is 2.62 bits per heavy atom. The minimum Gasteiger partial charge on any atom is -0.465 e. The van der Waals surface area contributed by atoms with Crippen LogP contribution >= 0.6 is 11.6 Å². The van der Waals surface area contributed by atoms with Crippen molar-refractivity contribution in [3.05, 3.63) is 76.5 Å². The molecule has 134 valence electrons. The first kappa shape index (κ1) is 16.9. The molecule has 0 saturated heterocycles. The second-order valence-corrected chi connectivity index (χ2v) is 6.68. The number of fused-ring (bicyclic) bond motifs is 1. The molecule has 0 spiro atoms. The van der Waals surface area contributed by atoms with E-state index < -0.39 is 0 Å². The van der Waals surface area contributed by atoms with Crippen LogP contribution in [0.1, 0.15) is 22.8 Å². The molecule has 0 fully saturated rings. The number of hydrogen-bond donors (Lipinski definition) is 0. The summed E-state index contributed by atoms with van der Waals surface area (Å²) in [6, 6.07) is 13.7. The van der Waals surface area contributed by atoms with Crippen LogP contribution in [0.4, 0.5) is 0 Å². The van der Waals surface area contributed by atoms with Crippen LogP contribution in [0.5, 0.6) is 11.5 Å². The molecule has 1 aliphatic rings. The molecule has 6 heteroatoms. The Morgan fingerprint density at radius 2 is 1.88 bits per heavy atom. The average molecular weight is 371 g/mol. The van der Waals surface area contributed by atoms with Gasteiger partial charge in [0.05, 0.1) is 12.2 Å². The standard InChI is InChI=1S/C20H19ClN2O3/c1-14-5-6-17(26-14)12-23(11-16-4-2-3-7-22-16)10-15-8-19-20(9-18(15)21)25-13-24-19/h2-9H,10-13H2,1H3. The molecule has 0 saturated carbocycles. The van der Waals surface area contributed by atoms with Gasteiger partial charge in [0, 0.05) is 30.4 Å². The van der Waals surface area contributed by atoms with Crippen LogP contribution < -0.4 is 9.47 Å². The van der Waals surface area contributed by atoms with Crippen LogP contribution in [0.2, 0.25) is 5.02 Å². The van der Waals surface area contributed by atoms with Crippen molar-refractivity contribution in [2.75, 3.05) is 6.79 Å². The van der Waals surface area contributed by atoms with Gasteiger partial charge >= 0.3 is 0 Å². The summed E-state index contributed by atoms with van der Waals surface area (Å²) in [7, 11) is 0. The minimum absolute atomic E-state index is 0.235. The van der Waals surface area contributed by atoms with E-state index in [2.05, 4.69) is 9.88 Å². The third-order valence-electron chi connectivity index (χ3n) is 4.22. The molecule has 0 aliphatic carbocycles. The Morgan fingerprint density at radius 1 is 1.04 bits per heavy atom. The Bertz CT molecular complexity index is 895. The van der Waals surface area contributed by atoms with Crippen molar-refractivity contribution in [1.29, 1.82) is 0 Å². The maximum absolute atomic E-state index is 6.46. The highest BCUT2D eigenvalue weighted by Gasteiger charge is 2.19. The minimum atomic E-state index is 0.235. The molecule has 0 atom stereocenters. The molecule has 1 aromatic carbocycles. The van der Waals surface area contributed by atoms with Crippen LogP contribution in [0.3, 0.4) is 0 Å². The summed E-state index contributed by atoms with van der Waals surface area (Å²) in [5.41, 5.74) is 1.97. The highest BCUT2D eigenvalue weighted by Crippen LogP contribution is 2.37. The van der Waals surface area contributed by atoms with E-state index in [1.807, 2.05) is 49.4 Å². The van der Waals surface area contributed by atoms with E-state index in [0.29, 0.717) is 30.4 Å². The zero-order valence-electron chi connectivity index (χ0n) is 14.4. The molecule has 0 unspecified atom stereocenters. The van der Waals surface area contributed by atoms with Gasteiger partial charge in [-0.15, -0.1) is 0 Å². The van der Waals surface area contributed by atoms with Crippen molar-refractivity contribution in [1.82, 2.24) is 9.88 Å². The molecule has 0 bridgehead atoms. The normalized spacial score (nSPS) is 12.7. The van der Waals surface area contributed by atoms with Crippen molar-refractivity contribution in [3.63, 3.8) is 0 Å². The fraction of sp³-hybridized carbons (Fsp3) is 0.250. The molecule has 0 radical (unpaired) electrons. The van der Waals surface area contributed by atoms with E-state index in [1.165, 1.54) is 0 Å². The van der Waals surface area contributed by atoms with Gasteiger partial charge in [-0.3, -0.25) is 9.88 Å². The van der Waals surface area contributed by atoms with E-state index in [9.17, 15) is 0 Å². The van der Waals surface area contributed by atoms with Gasteiger partial charge in [-0.05, 0) is 42.8 Å². The van der Waals surface area contributed by atoms with Crippen LogP contribution in [-0.4, -0.2) is 16.7 Å². The number of benzene rings is 1. The average Bonchev–Trinajstić information content (AvgIpc) is 3.24. The van der Waals surface area contributed by atoms with Crippen molar-refractivity contribution in [3.8, 4) is 11.5 Å². The fourth-order valence-corrected chi connectivity index (χ4v) is 3.21. The van der Waals surface area contributed by atoms with Gasteiger partial charge in [-0.25, -0.2) is 0 Å². The summed E-state index contributed by atoms with van der Waals surface area (Å²) in [4.78, 5) is 6.68. The Kier molecular flexibility index (Phi) is 4.82. The topological polar surface area (TPSA) is 47.7 Å². The van der Waals surface area contributed by atoms with Crippen LogP contribution in [0, 0.1) is 6.92 Å². The molecular formula is C20H19ClN2O3. The third-order valence-corrected chi connectivity index (χ3v) is 4.57. The first-order valence-electron chi connectivity index (χ1n) is 8.43. The van der Waals surface area contributed by atoms with E-state index in [-0.39, 0.29) is 6.79 Å². The predicted molar refractivity (Wildman–Crippen MR) is 98.2 cm³/mol. The summed E-state index contributed by atoms with van der Waals surface area (Å²) in [6.07, 6.45) is 1.80. The molecule has 5 nitrogen and oxygen atoms in total. The predicted octanol–water partition coefficient (Wildman–Crippen LogP) is 4.57. The number of aromatic nitrogens is 1. The number of furan rings is 1. The second-order valence-electron chi connectivity index (χ2n) is 6.28. The molecule has 4 rings (SSSR count). The number of rotatable bonds is 6. The van der Waals surface area contributed by atoms with Gasteiger partial charge < -0.3 is 13.9 Å². The van der Waals surface area contributed by atoms with Crippen molar-refractivity contribution < 1.29 is 13.9 Å². The first-order chi connectivity index (χ1) is 12.7. The van der Waals surface area contributed by atoms with Crippen LogP contribution in [-0.2, 0) is 19.6 Å². The summed E-state index contributed by atoms with van der Waals surface area (Å²) >= 11 is 6.46. The molecule has 0 N–H and O–H groups in total. The van der Waals surface area contributed by atoms with E-state index >= 15 is 0 Å². The number of nitrogens with zero attached hydrogens (tertiary/aromatic N) is 2. The maximum Gasteiger partial charge on any atom is 0.231 e. The highest BCUT2D eigenvalue weighted by molar-refractivity contribution is 6.31. The van der Waals surface area contributed by atoms with Crippen LogP contribution in [0.25, 0.3) is 0 Å². The monoisotopic (exact) mass is 370 g/mol. The lowest BCUT2D eigenvalue weighted by Gasteiger charge is -2.22. The lowest BCUT2D eigenvalue weighted by atomic mass is 10.1. The third kappa shape index (κ3) is 3.84. The number of aryl methyl sites for hydroxylation is 1. The van der Waals surface area contributed by atoms with E-state index in [0.717, 1.165) is 28.5 Å². The number of pyridine rings is 1. The van der Waals surface area contributed by atoms with Gasteiger partial charge in [-0.2, -0.15) is 0 Å². The summed E-state index contributed by atoms with van der Waals surface area (Å²) in [5, 5.41) is 0.663. The Balaban J connectivity index is 1.58. The fourth-order valence-electron chi connectivity index (χ4n) is 3.00. The van der Waals surface area contributed by atoms with Gasteiger partial charge in [0.1, 0.15) is 11.5 Å². The SMILES string of the molecule is Cc1ccc(CN(Cc2ccccn2)Cc2cc3c(cc2Cl)OCO3)o1. The summed E-state index contributed by atoms with van der Waals surface area (Å²) < 4.78 is 16.6. The molecule has 2 aromatic heterocycles. The van der Waals surface area contributed by atoms with Gasteiger partial charge in [-0.1, -0.05) is 17.7 Å². The lowest BCUT2D eigenvalue weighted by molar-refractivity contribution is 0.174. The lowest BCUT2D eigenvalue weighted by Crippen LogP contribution is -2.23. The van der Waals surface area contributed by atoms with Gasteiger partial charge in [0.25, 0.3) is 0 Å². The summed E-state index contributed by atoms with van der Waals surface area (Å²) in [5.74, 6) is 3.24. The second kappa shape index (κ2) is 7.40.